The first-order valence-electron chi connectivity index (χ1n) is 17.4. The Morgan fingerprint density at radius 2 is 1.81 bits per heavy atom. The smallest absolute Gasteiger partial charge is 0.367 e. The molecule has 4 aromatic rings. The Labute approximate surface area is 300 Å². The molecular weight excluding hydrogens is 667 g/mol. The highest BCUT2D eigenvalue weighted by Gasteiger charge is 2.36. The lowest BCUT2D eigenvalue weighted by atomic mass is 9.99. The van der Waals surface area contributed by atoms with Crippen molar-refractivity contribution in [3.8, 4) is 0 Å². The van der Waals surface area contributed by atoms with Gasteiger partial charge in [-0.15, -0.1) is 5.10 Å². The minimum atomic E-state index is -4.52. The van der Waals surface area contributed by atoms with Crippen molar-refractivity contribution in [3.63, 3.8) is 0 Å². The number of hydrogen-bond donors (Lipinski definition) is 2. The molecule has 0 bridgehead atoms. The average Bonchev–Trinajstić information content (AvgIpc) is 3.60. The van der Waals surface area contributed by atoms with E-state index in [1.807, 2.05) is 18.7 Å². The molecule has 1 saturated heterocycles. The van der Waals surface area contributed by atoms with E-state index in [1.165, 1.54) is 24.4 Å². The number of fused-ring (bicyclic) bond motifs is 2. The summed E-state index contributed by atoms with van der Waals surface area (Å²) in [6.45, 7) is 20.3. The Kier molecular flexibility index (Phi) is 9.34. The summed E-state index contributed by atoms with van der Waals surface area (Å²) in [5.74, 6) is 1.20. The van der Waals surface area contributed by atoms with E-state index in [4.69, 9.17) is 15.8 Å². The van der Waals surface area contributed by atoms with Crippen LogP contribution in [0.15, 0.2) is 79.7 Å². The lowest BCUT2D eigenvalue weighted by Crippen LogP contribution is -2.48. The molecule has 0 atom stereocenters. The number of allylic oxidation sites excluding steroid dienone is 3. The van der Waals surface area contributed by atoms with Gasteiger partial charge in [-0.25, -0.2) is 9.97 Å². The standard InChI is InChI=1S/C38H42F3N11/c1-23(46-31-14-13-30(38(39,40)41)29-12-9-15-43-34(29)31)21-51-32(20-42)35(27(5)52-37(51)47-36(48-52)28-10-7-6-8-11-28)50-18-16-49(17-19-50)26(4)33-24(2)25(3)44-22-45-33/h9-10,12-15,22,46H,1,4-8,11,16-21,42H2,2-3H3. The van der Waals surface area contributed by atoms with Crippen LogP contribution in [0.5, 0.6) is 0 Å². The second-order valence-corrected chi connectivity index (χ2v) is 13.3. The molecule has 3 aromatic heterocycles. The Bertz CT molecular complexity index is 2140. The number of nitrogens with zero attached hydrogens (tertiary/aromatic N) is 9. The van der Waals surface area contributed by atoms with Crippen LogP contribution in [0.3, 0.4) is 0 Å². The quantitative estimate of drug-likeness (QED) is 0.197. The van der Waals surface area contributed by atoms with Crippen molar-refractivity contribution < 1.29 is 13.2 Å². The van der Waals surface area contributed by atoms with Gasteiger partial charge >= 0.3 is 6.18 Å². The van der Waals surface area contributed by atoms with E-state index >= 15 is 0 Å². The number of anilines is 2. The monoisotopic (exact) mass is 709 g/mol. The van der Waals surface area contributed by atoms with Crippen LogP contribution >= 0.6 is 0 Å². The van der Waals surface area contributed by atoms with Crippen LogP contribution in [0.25, 0.3) is 27.9 Å². The average molecular weight is 710 g/mol. The van der Waals surface area contributed by atoms with Crippen molar-refractivity contribution in [2.75, 3.05) is 49.5 Å². The summed E-state index contributed by atoms with van der Waals surface area (Å²) in [6, 6.07) is 5.37. The summed E-state index contributed by atoms with van der Waals surface area (Å²) >= 11 is 0. The third-order valence-electron chi connectivity index (χ3n) is 10.1. The van der Waals surface area contributed by atoms with E-state index in [1.54, 1.807) is 11.0 Å². The van der Waals surface area contributed by atoms with E-state index in [0.717, 1.165) is 71.4 Å². The third-order valence-corrected chi connectivity index (χ3v) is 10.1. The first kappa shape index (κ1) is 34.9. The first-order chi connectivity index (χ1) is 25.0. The molecule has 0 saturated carbocycles. The Morgan fingerprint density at radius 3 is 2.52 bits per heavy atom. The summed E-state index contributed by atoms with van der Waals surface area (Å²) in [6.07, 6.45) is 4.79. The van der Waals surface area contributed by atoms with Crippen molar-refractivity contribution >= 4 is 39.5 Å². The largest absolute Gasteiger partial charge is 0.417 e. The van der Waals surface area contributed by atoms with Gasteiger partial charge in [0.05, 0.1) is 51.8 Å². The topological polar surface area (TPSA) is 117 Å². The van der Waals surface area contributed by atoms with Crippen LogP contribution in [0.1, 0.15) is 54.0 Å². The molecule has 0 radical (unpaired) electrons. The summed E-state index contributed by atoms with van der Waals surface area (Å²) in [5, 5.41) is 8.22. The van der Waals surface area contributed by atoms with Gasteiger partial charge in [0.1, 0.15) is 6.33 Å². The Morgan fingerprint density at radius 1 is 1.02 bits per heavy atom. The number of halogens is 3. The fraction of sp³-hybridized carbons (Fsp3) is 0.342. The highest BCUT2D eigenvalue weighted by atomic mass is 19.4. The van der Waals surface area contributed by atoms with Gasteiger partial charge in [0.15, 0.2) is 5.82 Å². The second-order valence-electron chi connectivity index (χ2n) is 13.3. The zero-order chi connectivity index (χ0) is 36.7. The molecule has 0 spiro atoms. The van der Waals surface area contributed by atoms with Crippen molar-refractivity contribution in [1.82, 2.24) is 39.5 Å². The zero-order valence-corrected chi connectivity index (χ0v) is 29.5. The first-order valence-corrected chi connectivity index (χ1v) is 17.4. The number of piperazine rings is 1. The Balaban J connectivity index is 1.20. The summed E-state index contributed by atoms with van der Waals surface area (Å²) in [5.41, 5.74) is 14.0. The maximum Gasteiger partial charge on any atom is 0.417 e. The highest BCUT2D eigenvalue weighted by molar-refractivity contribution is 5.93. The molecule has 3 N–H and O–H groups in total. The number of rotatable bonds is 9. The van der Waals surface area contributed by atoms with Gasteiger partial charge in [-0.1, -0.05) is 31.9 Å². The molecule has 5 heterocycles. The van der Waals surface area contributed by atoms with E-state index in [2.05, 4.69) is 55.9 Å². The van der Waals surface area contributed by atoms with Gasteiger partial charge in [0, 0.05) is 55.7 Å². The number of pyridine rings is 1. The lowest BCUT2D eigenvalue weighted by molar-refractivity contribution is -0.136. The molecule has 52 heavy (non-hydrogen) atoms. The number of nitrogens with two attached hydrogens (primary N) is 1. The van der Waals surface area contributed by atoms with Crippen molar-refractivity contribution in [1.29, 1.82) is 0 Å². The number of aromatic nitrogens is 6. The van der Waals surface area contributed by atoms with E-state index in [0.29, 0.717) is 55.0 Å². The molecule has 2 aliphatic heterocycles. The van der Waals surface area contributed by atoms with E-state index in [9.17, 15) is 13.2 Å². The van der Waals surface area contributed by atoms with Crippen LogP contribution < -0.4 is 16.0 Å². The second kappa shape index (κ2) is 13.9. The maximum absolute atomic E-state index is 13.8. The van der Waals surface area contributed by atoms with Crippen LogP contribution in [-0.2, 0) is 6.18 Å². The molecule has 270 valence electrons. The van der Waals surface area contributed by atoms with Crippen molar-refractivity contribution in [2.24, 2.45) is 5.73 Å². The molecule has 1 aliphatic carbocycles. The number of nitrogens with one attached hydrogen (secondary N) is 1. The predicted octanol–water partition coefficient (Wildman–Crippen LogP) is 6.58. The molecule has 1 fully saturated rings. The zero-order valence-electron chi connectivity index (χ0n) is 29.5. The number of benzene rings is 1. The maximum atomic E-state index is 13.8. The number of aryl methyl sites for hydroxylation is 1. The molecule has 11 nitrogen and oxygen atoms in total. The summed E-state index contributed by atoms with van der Waals surface area (Å²) in [4.78, 5) is 24.6. The third kappa shape index (κ3) is 6.42. The Hall–Kier alpha value is -5.50. The summed E-state index contributed by atoms with van der Waals surface area (Å²) < 4.78 is 43.3. The van der Waals surface area contributed by atoms with Gasteiger partial charge < -0.3 is 25.8 Å². The fourth-order valence-electron chi connectivity index (χ4n) is 7.21. The molecule has 0 amide bonds. The van der Waals surface area contributed by atoms with Gasteiger partial charge in [-0.2, -0.15) is 22.8 Å². The van der Waals surface area contributed by atoms with Crippen LogP contribution in [-0.4, -0.2) is 78.8 Å². The van der Waals surface area contributed by atoms with Gasteiger partial charge in [-0.3, -0.25) is 4.98 Å². The van der Waals surface area contributed by atoms with E-state index in [-0.39, 0.29) is 24.0 Å². The van der Waals surface area contributed by atoms with Crippen molar-refractivity contribution in [3.05, 3.63) is 108 Å². The molecule has 3 aliphatic rings. The van der Waals surface area contributed by atoms with Gasteiger partial charge in [-0.05, 0) is 68.9 Å². The number of hydrogen-bond acceptors (Lipinski definition) is 10. The van der Waals surface area contributed by atoms with Crippen LogP contribution in [0.2, 0.25) is 0 Å². The predicted molar refractivity (Wildman–Crippen MR) is 198 cm³/mol. The van der Waals surface area contributed by atoms with Crippen molar-refractivity contribution in [2.45, 2.75) is 45.7 Å². The minimum Gasteiger partial charge on any atom is -0.367 e. The van der Waals surface area contributed by atoms with Crippen LogP contribution in [0.4, 0.5) is 24.8 Å². The van der Waals surface area contributed by atoms with Gasteiger partial charge in [0.25, 0.3) is 0 Å². The molecular formula is C38H42F3N11. The number of alkyl halides is 3. The highest BCUT2D eigenvalue weighted by Crippen LogP contribution is 2.39. The molecule has 14 heteroatoms. The summed E-state index contributed by atoms with van der Waals surface area (Å²) in [7, 11) is 0. The minimum absolute atomic E-state index is 0.00359. The van der Waals surface area contributed by atoms with E-state index < -0.39 is 11.7 Å². The lowest BCUT2D eigenvalue weighted by Gasteiger charge is -2.43. The SMILES string of the molecule is C=C(CN1C(CN)=C(N2CCN(C(=C)c3ncnc(C)c3C)CC2)C(=C)n2nc(C3=CCCCC3)nc21)Nc1ccc(C(F)(F)F)c2cccnc12. The molecule has 7 rings (SSSR count). The molecule has 1 aromatic carbocycles. The molecule has 0 unspecified atom stereocenters. The van der Waals surface area contributed by atoms with Gasteiger partial charge in [0.2, 0.25) is 5.95 Å². The normalized spacial score (nSPS) is 16.7. The fourth-order valence-corrected chi connectivity index (χ4v) is 7.21. The van der Waals surface area contributed by atoms with Crippen LogP contribution in [0, 0.1) is 13.8 Å².